The molecule has 2 rings (SSSR count). The van der Waals surface area contributed by atoms with Gasteiger partial charge in [0.05, 0.1) is 5.41 Å². The van der Waals surface area contributed by atoms with Crippen molar-refractivity contribution in [3.63, 3.8) is 0 Å². The lowest BCUT2D eigenvalue weighted by Gasteiger charge is -1.98. The number of alkyl halides is 1. The summed E-state index contributed by atoms with van der Waals surface area (Å²) < 4.78 is 18.0. The second-order valence-corrected chi connectivity index (χ2v) is 3.71. The molecule has 15 heavy (non-hydrogen) atoms. The summed E-state index contributed by atoms with van der Waals surface area (Å²) in [6.45, 7) is 1.69. The number of carbonyl (C=O) groups is 1. The number of aromatic nitrogens is 2. The Morgan fingerprint density at radius 1 is 1.73 bits per heavy atom. The molecule has 2 atom stereocenters. The molecule has 0 amide bonds. The lowest BCUT2D eigenvalue weighted by molar-refractivity contribution is -0.131. The van der Waals surface area contributed by atoms with Gasteiger partial charge in [-0.05, 0) is 13.3 Å². The van der Waals surface area contributed by atoms with Crippen molar-refractivity contribution in [3.8, 4) is 0 Å². The van der Waals surface area contributed by atoms with Crippen LogP contribution in [0.3, 0.4) is 0 Å². The second kappa shape index (κ2) is 3.15. The minimum atomic E-state index is -1.10. The van der Waals surface area contributed by atoms with E-state index in [1.165, 1.54) is 6.08 Å². The summed E-state index contributed by atoms with van der Waals surface area (Å²) in [5.41, 5.74) is -0.678. The van der Waals surface area contributed by atoms with E-state index in [-0.39, 0.29) is 11.8 Å². The van der Waals surface area contributed by atoms with E-state index in [0.717, 1.165) is 6.08 Å². The normalized spacial score (nSPS) is 29.6. The fourth-order valence-electron chi connectivity index (χ4n) is 1.21. The molecule has 1 N–H and O–H groups in total. The average Bonchev–Trinajstić information content (AvgIpc) is 2.67. The molecule has 1 aliphatic carbocycles. The highest BCUT2D eigenvalue weighted by atomic mass is 19.1. The summed E-state index contributed by atoms with van der Waals surface area (Å²) >= 11 is 0. The van der Waals surface area contributed by atoms with Crippen LogP contribution >= 0.6 is 0 Å². The molecule has 5 nitrogen and oxygen atoms in total. The number of rotatable bonds is 3. The molecule has 0 aromatic carbocycles. The maximum absolute atomic E-state index is 12.9. The highest BCUT2D eigenvalue weighted by molar-refractivity contribution is 5.84. The average molecular weight is 212 g/mol. The molecule has 1 fully saturated rings. The number of halogens is 1. The van der Waals surface area contributed by atoms with Crippen LogP contribution in [0, 0.1) is 0 Å². The van der Waals surface area contributed by atoms with E-state index < -0.39 is 17.6 Å². The third-order valence-corrected chi connectivity index (χ3v) is 2.43. The number of carboxylic acids is 1. The van der Waals surface area contributed by atoms with Crippen molar-refractivity contribution in [1.82, 2.24) is 10.2 Å². The molecule has 0 radical (unpaired) electrons. The second-order valence-electron chi connectivity index (χ2n) is 3.71. The molecule has 0 aliphatic heterocycles. The Hall–Kier alpha value is -1.72. The van der Waals surface area contributed by atoms with E-state index in [0.29, 0.717) is 6.42 Å². The first-order valence-corrected chi connectivity index (χ1v) is 4.41. The van der Waals surface area contributed by atoms with Gasteiger partial charge in [-0.25, -0.2) is 9.18 Å². The van der Waals surface area contributed by atoms with E-state index in [9.17, 15) is 9.18 Å². The van der Waals surface area contributed by atoms with Crippen molar-refractivity contribution in [3.05, 3.63) is 17.9 Å². The van der Waals surface area contributed by atoms with Crippen molar-refractivity contribution in [2.75, 3.05) is 0 Å². The zero-order chi connectivity index (χ0) is 11.1. The summed E-state index contributed by atoms with van der Waals surface area (Å²) in [5.74, 6) is -0.802. The quantitative estimate of drug-likeness (QED) is 0.761. The van der Waals surface area contributed by atoms with Crippen LogP contribution in [-0.2, 0) is 10.2 Å². The van der Waals surface area contributed by atoms with Gasteiger partial charge < -0.3 is 9.52 Å². The van der Waals surface area contributed by atoms with Gasteiger partial charge in [0.2, 0.25) is 11.8 Å². The number of carboxylic acid groups (broad SMARTS) is 1. The van der Waals surface area contributed by atoms with Gasteiger partial charge in [-0.1, -0.05) is 0 Å². The predicted octanol–water partition coefficient (Wildman–Crippen LogP) is 1.17. The van der Waals surface area contributed by atoms with Gasteiger partial charge in [0.15, 0.2) is 0 Å². The van der Waals surface area contributed by atoms with Crippen LogP contribution in [0.15, 0.2) is 10.5 Å². The maximum Gasteiger partial charge on any atom is 0.328 e. The van der Waals surface area contributed by atoms with Crippen molar-refractivity contribution in [1.29, 1.82) is 0 Å². The van der Waals surface area contributed by atoms with Gasteiger partial charge in [0, 0.05) is 12.2 Å². The van der Waals surface area contributed by atoms with E-state index in [4.69, 9.17) is 9.52 Å². The van der Waals surface area contributed by atoms with Gasteiger partial charge in [-0.3, -0.25) is 0 Å². The van der Waals surface area contributed by atoms with Crippen molar-refractivity contribution in [2.45, 2.75) is 24.9 Å². The Kier molecular flexibility index (Phi) is 2.06. The molecule has 2 unspecified atom stereocenters. The summed E-state index contributed by atoms with van der Waals surface area (Å²) in [6, 6.07) is 0. The number of aliphatic carboxylic acids is 1. The fraction of sp³-hybridized carbons (Fsp3) is 0.444. The van der Waals surface area contributed by atoms with Gasteiger partial charge >= 0.3 is 5.97 Å². The number of nitrogens with zero attached hydrogens (tertiary/aromatic N) is 2. The van der Waals surface area contributed by atoms with E-state index >= 15 is 0 Å². The lowest BCUT2D eigenvalue weighted by atomic mass is 10.1. The van der Waals surface area contributed by atoms with E-state index in [1.54, 1.807) is 6.92 Å². The van der Waals surface area contributed by atoms with Crippen LogP contribution in [0.5, 0.6) is 0 Å². The Labute approximate surface area is 84.6 Å². The fourth-order valence-corrected chi connectivity index (χ4v) is 1.21. The molecule has 1 aliphatic rings. The van der Waals surface area contributed by atoms with Crippen LogP contribution in [0.25, 0.3) is 6.08 Å². The van der Waals surface area contributed by atoms with Crippen LogP contribution in [0.4, 0.5) is 4.39 Å². The zero-order valence-corrected chi connectivity index (χ0v) is 7.98. The largest absolute Gasteiger partial charge is 0.478 e. The van der Waals surface area contributed by atoms with Crippen molar-refractivity contribution < 1.29 is 18.7 Å². The molecular weight excluding hydrogens is 203 g/mol. The molecular formula is C9H9FN2O3. The standard InChI is InChI=1S/C9H9FN2O3/c1-9(4-5(9)10)8-12-11-6(15-8)2-3-7(13)14/h2-3,5H,4H2,1H3,(H,13,14)/b3-2+. The maximum atomic E-state index is 12.9. The smallest absolute Gasteiger partial charge is 0.328 e. The van der Waals surface area contributed by atoms with Crippen molar-refractivity contribution >= 4 is 12.0 Å². The summed E-state index contributed by atoms with van der Waals surface area (Å²) in [5, 5.41) is 15.6. The first kappa shape index (κ1) is 9.82. The molecule has 6 heteroatoms. The van der Waals surface area contributed by atoms with E-state index in [1.807, 2.05) is 0 Å². The van der Waals surface area contributed by atoms with Gasteiger partial charge in [-0.15, -0.1) is 10.2 Å². The van der Waals surface area contributed by atoms with Crippen molar-refractivity contribution in [2.24, 2.45) is 0 Å². The number of hydrogen-bond acceptors (Lipinski definition) is 4. The van der Waals surface area contributed by atoms with E-state index in [2.05, 4.69) is 10.2 Å². The third-order valence-electron chi connectivity index (χ3n) is 2.43. The van der Waals surface area contributed by atoms with Crippen LogP contribution in [0.1, 0.15) is 25.1 Å². The summed E-state index contributed by atoms with van der Waals surface area (Å²) in [4.78, 5) is 10.2. The Bertz CT molecular complexity index is 429. The summed E-state index contributed by atoms with van der Waals surface area (Å²) in [7, 11) is 0. The molecule has 0 bridgehead atoms. The van der Waals surface area contributed by atoms with Crippen LogP contribution in [0.2, 0.25) is 0 Å². The molecule has 1 heterocycles. The number of hydrogen-bond donors (Lipinski definition) is 1. The molecule has 0 spiro atoms. The van der Waals surface area contributed by atoms with Gasteiger partial charge in [-0.2, -0.15) is 0 Å². The van der Waals surface area contributed by atoms with Crippen LogP contribution < -0.4 is 0 Å². The third kappa shape index (κ3) is 1.74. The first-order valence-electron chi connectivity index (χ1n) is 4.41. The first-order chi connectivity index (χ1) is 7.02. The van der Waals surface area contributed by atoms with Gasteiger partial charge in [0.25, 0.3) is 0 Å². The predicted molar refractivity (Wildman–Crippen MR) is 47.8 cm³/mol. The molecule has 1 aromatic heterocycles. The molecule has 1 saturated carbocycles. The highest BCUT2D eigenvalue weighted by Crippen LogP contribution is 2.49. The summed E-state index contributed by atoms with van der Waals surface area (Å²) in [6.07, 6.45) is 1.49. The topological polar surface area (TPSA) is 76.2 Å². The van der Waals surface area contributed by atoms with Gasteiger partial charge in [0.1, 0.15) is 6.17 Å². The minimum absolute atomic E-state index is 0.0766. The minimum Gasteiger partial charge on any atom is -0.478 e. The Morgan fingerprint density at radius 3 is 2.93 bits per heavy atom. The Balaban J connectivity index is 2.15. The highest BCUT2D eigenvalue weighted by Gasteiger charge is 2.56. The van der Waals surface area contributed by atoms with Crippen LogP contribution in [-0.4, -0.2) is 27.4 Å². The Morgan fingerprint density at radius 2 is 2.40 bits per heavy atom. The monoisotopic (exact) mass is 212 g/mol. The molecule has 0 saturated heterocycles. The molecule has 80 valence electrons. The zero-order valence-electron chi connectivity index (χ0n) is 7.98. The lowest BCUT2D eigenvalue weighted by Crippen LogP contribution is -2.04. The molecule has 1 aromatic rings. The SMILES string of the molecule is CC1(c2nnc(/C=C/C(=O)O)o2)CC1F.